The molecule has 1 N–H and O–H groups in total. The zero-order chi connectivity index (χ0) is 17.2. The van der Waals surface area contributed by atoms with Crippen LogP contribution >= 0.6 is 0 Å². The second-order valence-corrected chi connectivity index (χ2v) is 7.71. The number of rotatable bonds is 6. The Balaban J connectivity index is 1.89. The number of hydrogen-bond acceptors (Lipinski definition) is 4. The Kier molecular flexibility index (Phi) is 4.99. The number of benzene rings is 2. The zero-order valence-electron chi connectivity index (χ0n) is 13.5. The molecule has 24 heavy (non-hydrogen) atoms. The van der Waals surface area contributed by atoms with Gasteiger partial charge in [-0.2, -0.15) is 0 Å². The predicted octanol–water partition coefficient (Wildman–Crippen LogP) is 2.88. The Bertz CT molecular complexity index is 836. The molecule has 0 aromatic heterocycles. The van der Waals surface area contributed by atoms with Crippen molar-refractivity contribution in [2.45, 2.75) is 28.7 Å². The largest absolute Gasteiger partial charge is 0.372 e. The molecule has 1 aliphatic carbocycles. The summed E-state index contributed by atoms with van der Waals surface area (Å²) in [6.45, 7) is 1.38. The number of sulfone groups is 1. The van der Waals surface area contributed by atoms with E-state index in [1.165, 1.54) is 18.2 Å². The van der Waals surface area contributed by atoms with Crippen molar-refractivity contribution in [2.24, 2.45) is 0 Å². The van der Waals surface area contributed by atoms with Gasteiger partial charge >= 0.3 is 0 Å². The minimum absolute atomic E-state index is 0.00133. The van der Waals surface area contributed by atoms with Crippen LogP contribution in [0.2, 0.25) is 0 Å². The molecule has 2 aromatic carbocycles. The predicted molar refractivity (Wildman–Crippen MR) is 89.2 cm³/mol. The van der Waals surface area contributed by atoms with Gasteiger partial charge in [-0.3, -0.25) is 0 Å². The Hall–Kier alpha value is -1.76. The van der Waals surface area contributed by atoms with E-state index < -0.39 is 15.7 Å². The first-order valence-corrected chi connectivity index (χ1v) is 9.41. The maximum atomic E-state index is 13.9. The van der Waals surface area contributed by atoms with E-state index in [0.717, 1.165) is 36.6 Å². The lowest BCUT2D eigenvalue weighted by atomic mass is 10.1. The molecular formula is C18H20FNO3S. The molecule has 0 saturated carbocycles. The third-order valence-corrected chi connectivity index (χ3v) is 6.03. The summed E-state index contributed by atoms with van der Waals surface area (Å²) in [4.78, 5) is -0.160. The van der Waals surface area contributed by atoms with E-state index >= 15 is 0 Å². The molecule has 0 fully saturated rings. The number of nitrogens with one attached hydrogen (secondary N) is 1. The van der Waals surface area contributed by atoms with Gasteiger partial charge < -0.3 is 10.1 Å². The van der Waals surface area contributed by atoms with Crippen molar-refractivity contribution >= 4 is 9.84 Å². The van der Waals surface area contributed by atoms with Gasteiger partial charge in [0.2, 0.25) is 9.84 Å². The lowest BCUT2D eigenvalue weighted by Crippen LogP contribution is -2.15. The lowest BCUT2D eigenvalue weighted by molar-refractivity contribution is 0.0568. The van der Waals surface area contributed by atoms with Crippen molar-refractivity contribution < 1.29 is 17.5 Å². The first kappa shape index (κ1) is 17.1. The third-order valence-electron chi connectivity index (χ3n) is 4.24. The van der Waals surface area contributed by atoms with Gasteiger partial charge in [0.15, 0.2) is 0 Å². The third kappa shape index (κ3) is 3.22. The van der Waals surface area contributed by atoms with Gasteiger partial charge in [-0.25, -0.2) is 12.8 Å². The van der Waals surface area contributed by atoms with Crippen molar-refractivity contribution in [3.8, 4) is 0 Å². The molecule has 0 heterocycles. The average Bonchev–Trinajstić information content (AvgIpc) is 2.98. The van der Waals surface area contributed by atoms with E-state index in [1.807, 2.05) is 7.05 Å². The van der Waals surface area contributed by atoms with Gasteiger partial charge in [0.25, 0.3) is 0 Å². The Morgan fingerprint density at radius 1 is 1.25 bits per heavy atom. The molecule has 2 aromatic rings. The van der Waals surface area contributed by atoms with Crippen LogP contribution in [0.5, 0.6) is 0 Å². The van der Waals surface area contributed by atoms with Crippen molar-refractivity contribution in [3.63, 3.8) is 0 Å². The molecular weight excluding hydrogens is 329 g/mol. The highest BCUT2D eigenvalue weighted by Crippen LogP contribution is 2.36. The number of fused-ring (bicyclic) bond motifs is 1. The van der Waals surface area contributed by atoms with E-state index in [0.29, 0.717) is 6.61 Å². The molecule has 0 radical (unpaired) electrons. The molecule has 3 rings (SSSR count). The van der Waals surface area contributed by atoms with Crippen LogP contribution in [0.15, 0.2) is 52.3 Å². The normalized spacial score (nSPS) is 17.0. The second kappa shape index (κ2) is 7.01. The Morgan fingerprint density at radius 3 is 2.79 bits per heavy atom. The van der Waals surface area contributed by atoms with Crippen LogP contribution in [0.4, 0.5) is 4.39 Å². The highest BCUT2D eigenvalue weighted by molar-refractivity contribution is 7.91. The molecule has 6 heteroatoms. The fourth-order valence-electron chi connectivity index (χ4n) is 2.99. The molecule has 0 spiro atoms. The van der Waals surface area contributed by atoms with E-state index in [2.05, 4.69) is 5.32 Å². The first-order valence-electron chi connectivity index (χ1n) is 7.92. The minimum atomic E-state index is -3.86. The number of ether oxygens (including phenoxy) is 1. The molecule has 0 bridgehead atoms. The highest BCUT2D eigenvalue weighted by atomic mass is 32.2. The molecule has 4 nitrogen and oxygen atoms in total. The number of hydrogen-bond donors (Lipinski definition) is 1. The quantitative estimate of drug-likeness (QED) is 0.815. The van der Waals surface area contributed by atoms with Crippen molar-refractivity contribution in [1.29, 1.82) is 0 Å². The van der Waals surface area contributed by atoms with E-state index in [-0.39, 0.29) is 15.9 Å². The topological polar surface area (TPSA) is 55.4 Å². The monoisotopic (exact) mass is 349 g/mol. The molecule has 1 aliphatic rings. The minimum Gasteiger partial charge on any atom is -0.372 e. The summed E-state index contributed by atoms with van der Waals surface area (Å²) < 4.78 is 45.0. The Morgan fingerprint density at radius 2 is 2.04 bits per heavy atom. The summed E-state index contributed by atoms with van der Waals surface area (Å²) in [7, 11) is -1.99. The lowest BCUT2D eigenvalue weighted by Gasteiger charge is -2.14. The zero-order valence-corrected chi connectivity index (χ0v) is 14.3. The van der Waals surface area contributed by atoms with Crippen molar-refractivity contribution in [3.05, 3.63) is 59.4 Å². The molecule has 0 amide bonds. The van der Waals surface area contributed by atoms with Gasteiger partial charge in [0, 0.05) is 6.54 Å². The fourth-order valence-corrected chi connectivity index (χ4v) is 4.37. The summed E-state index contributed by atoms with van der Waals surface area (Å²) in [5.41, 5.74) is 1.99. The summed E-state index contributed by atoms with van der Waals surface area (Å²) in [5, 5.41) is 3.03. The second-order valence-electron chi connectivity index (χ2n) is 5.80. The SMILES string of the molecule is CNCCOC1CCc2cc(S(=O)(=O)c3ccccc3F)ccc21. The van der Waals surface area contributed by atoms with E-state index in [9.17, 15) is 12.8 Å². The van der Waals surface area contributed by atoms with Gasteiger partial charge in [0.1, 0.15) is 10.7 Å². The summed E-state index contributed by atoms with van der Waals surface area (Å²) >= 11 is 0. The van der Waals surface area contributed by atoms with Crippen LogP contribution in [0.25, 0.3) is 0 Å². The summed E-state index contributed by atoms with van der Waals surface area (Å²) in [5.74, 6) is -0.730. The maximum Gasteiger partial charge on any atom is 0.209 e. The van der Waals surface area contributed by atoms with Crippen LogP contribution in [0.1, 0.15) is 23.7 Å². The summed E-state index contributed by atoms with van der Waals surface area (Å²) in [6.07, 6.45) is 1.60. The van der Waals surface area contributed by atoms with Crippen LogP contribution in [-0.2, 0) is 21.0 Å². The number of halogens is 1. The highest BCUT2D eigenvalue weighted by Gasteiger charge is 2.27. The van der Waals surface area contributed by atoms with Crippen LogP contribution in [-0.4, -0.2) is 28.6 Å². The van der Waals surface area contributed by atoms with Crippen LogP contribution in [0.3, 0.4) is 0 Å². The van der Waals surface area contributed by atoms with Crippen molar-refractivity contribution in [2.75, 3.05) is 20.2 Å². The smallest absolute Gasteiger partial charge is 0.209 e. The Labute approximate surface area is 141 Å². The fraction of sp³-hybridized carbons (Fsp3) is 0.333. The molecule has 1 unspecified atom stereocenters. The standard InChI is InChI=1S/C18H20FNO3S/c1-20-10-11-23-17-9-6-13-12-14(7-8-15(13)17)24(21,22)18-5-3-2-4-16(18)19/h2-5,7-8,12,17,20H,6,9-11H2,1H3. The molecule has 128 valence electrons. The summed E-state index contributed by atoms with van der Waals surface area (Å²) in [6, 6.07) is 10.4. The van der Waals surface area contributed by atoms with Gasteiger partial charge in [-0.05, 0) is 55.3 Å². The first-order chi connectivity index (χ1) is 11.5. The molecule has 0 saturated heterocycles. The maximum absolute atomic E-state index is 13.9. The van der Waals surface area contributed by atoms with Gasteiger partial charge in [-0.15, -0.1) is 0 Å². The van der Waals surface area contributed by atoms with Crippen LogP contribution in [0, 0.1) is 5.82 Å². The van der Waals surface area contributed by atoms with E-state index in [4.69, 9.17) is 4.74 Å². The number of likely N-dealkylation sites (N-methyl/N-ethyl adjacent to an activating group) is 1. The number of aryl methyl sites for hydroxylation is 1. The van der Waals surface area contributed by atoms with Crippen molar-refractivity contribution in [1.82, 2.24) is 5.32 Å². The van der Waals surface area contributed by atoms with Gasteiger partial charge in [0.05, 0.1) is 17.6 Å². The van der Waals surface area contributed by atoms with Crippen LogP contribution < -0.4 is 5.32 Å². The average molecular weight is 349 g/mol. The van der Waals surface area contributed by atoms with E-state index in [1.54, 1.807) is 18.2 Å². The van der Waals surface area contributed by atoms with Gasteiger partial charge in [-0.1, -0.05) is 18.2 Å². The molecule has 1 atom stereocenters. The molecule has 0 aliphatic heterocycles.